The second-order valence-electron chi connectivity index (χ2n) is 6.06. The maximum Gasteiger partial charge on any atom is 0.256 e. The molecule has 1 unspecified atom stereocenters. The van der Waals surface area contributed by atoms with Gasteiger partial charge in [0.15, 0.2) is 0 Å². The lowest BCUT2D eigenvalue weighted by molar-refractivity contribution is -0.121. The Morgan fingerprint density at radius 1 is 1.16 bits per heavy atom. The Hall–Kier alpha value is -2.53. The molecule has 0 saturated carbocycles. The van der Waals surface area contributed by atoms with Crippen molar-refractivity contribution in [3.8, 4) is 5.75 Å². The van der Waals surface area contributed by atoms with E-state index in [1.54, 1.807) is 18.2 Å². The molecule has 1 atom stereocenters. The molecule has 6 heteroatoms. The number of benzene rings is 2. The molecule has 2 aromatic rings. The van der Waals surface area contributed by atoms with Crippen LogP contribution >= 0.6 is 11.6 Å². The van der Waals surface area contributed by atoms with Crippen LogP contribution in [0.5, 0.6) is 5.75 Å². The van der Waals surface area contributed by atoms with Crippen molar-refractivity contribution < 1.29 is 14.3 Å². The smallest absolute Gasteiger partial charge is 0.256 e. The summed E-state index contributed by atoms with van der Waals surface area (Å²) in [7, 11) is 1.54. The topological polar surface area (TPSA) is 58.6 Å². The zero-order valence-electron chi connectivity index (χ0n) is 14.3. The third-order valence-electron chi connectivity index (χ3n) is 4.30. The van der Waals surface area contributed by atoms with Crippen molar-refractivity contribution in [2.24, 2.45) is 0 Å². The Morgan fingerprint density at radius 3 is 2.44 bits per heavy atom. The number of carbonyl (C=O) groups is 2. The highest BCUT2D eigenvalue weighted by Gasteiger charge is 2.40. The summed E-state index contributed by atoms with van der Waals surface area (Å²) in [5, 5.41) is 3.54. The number of hydrogen-bond donors (Lipinski definition) is 1. The van der Waals surface area contributed by atoms with Crippen molar-refractivity contribution in [2.45, 2.75) is 26.3 Å². The molecule has 1 aliphatic heterocycles. The van der Waals surface area contributed by atoms with Crippen LogP contribution < -0.4 is 15.0 Å². The lowest BCUT2D eigenvalue weighted by Crippen LogP contribution is -2.35. The maximum absolute atomic E-state index is 12.8. The molecule has 25 heavy (non-hydrogen) atoms. The molecule has 130 valence electrons. The van der Waals surface area contributed by atoms with Gasteiger partial charge < -0.3 is 10.1 Å². The minimum Gasteiger partial charge on any atom is -0.495 e. The Morgan fingerprint density at radius 2 is 1.84 bits per heavy atom. The number of imide groups is 1. The average molecular weight is 359 g/mol. The number of hydrogen-bond acceptors (Lipinski definition) is 4. The minimum absolute atomic E-state index is 0.107. The molecule has 1 aliphatic rings. The Labute approximate surface area is 151 Å². The van der Waals surface area contributed by atoms with Crippen molar-refractivity contribution in [1.29, 1.82) is 0 Å². The van der Waals surface area contributed by atoms with Gasteiger partial charge in [-0.2, -0.15) is 0 Å². The number of nitrogens with one attached hydrogen (secondary N) is 1. The van der Waals surface area contributed by atoms with Gasteiger partial charge in [0.2, 0.25) is 5.91 Å². The molecular formula is C19H19ClN2O3. The number of rotatable bonds is 4. The van der Waals surface area contributed by atoms with Gasteiger partial charge >= 0.3 is 0 Å². The summed E-state index contributed by atoms with van der Waals surface area (Å²) in [5.41, 5.74) is 3.14. The summed E-state index contributed by atoms with van der Waals surface area (Å²) in [5.74, 6) is 0.0899. The minimum atomic E-state index is -0.615. The van der Waals surface area contributed by atoms with E-state index in [1.165, 1.54) is 12.0 Å². The van der Waals surface area contributed by atoms with Crippen molar-refractivity contribution in [1.82, 2.24) is 0 Å². The fourth-order valence-corrected chi connectivity index (χ4v) is 3.35. The fourth-order valence-electron chi connectivity index (χ4n) is 3.10. The second-order valence-corrected chi connectivity index (χ2v) is 6.47. The highest BCUT2D eigenvalue weighted by atomic mass is 35.5. The van der Waals surface area contributed by atoms with Crippen LogP contribution in [0, 0.1) is 13.8 Å². The first kappa shape index (κ1) is 17.3. The standard InChI is InChI=1S/C19H19ClN2O3/c1-11-5-4-6-12(2)18(11)22-17(23)10-15(19(22)24)21-13-7-8-16(25-3)14(20)9-13/h4-9,15,21H,10H2,1-3H3. The molecule has 2 aromatic carbocycles. The van der Waals surface area contributed by atoms with E-state index in [2.05, 4.69) is 5.32 Å². The number of amides is 2. The van der Waals surface area contributed by atoms with E-state index >= 15 is 0 Å². The normalized spacial score (nSPS) is 17.1. The number of halogens is 1. The molecule has 0 aliphatic carbocycles. The van der Waals surface area contributed by atoms with Crippen LogP contribution in [0.25, 0.3) is 0 Å². The van der Waals surface area contributed by atoms with Crippen molar-refractivity contribution in [2.75, 3.05) is 17.3 Å². The number of para-hydroxylation sites is 1. The third-order valence-corrected chi connectivity index (χ3v) is 4.60. The predicted octanol–water partition coefficient (Wildman–Crippen LogP) is 3.71. The summed E-state index contributed by atoms with van der Waals surface area (Å²) in [6.45, 7) is 3.79. The van der Waals surface area contributed by atoms with E-state index in [4.69, 9.17) is 16.3 Å². The number of carbonyl (C=O) groups excluding carboxylic acids is 2. The van der Waals surface area contributed by atoms with Gasteiger partial charge in [-0.15, -0.1) is 0 Å². The van der Waals surface area contributed by atoms with Gasteiger partial charge in [0.1, 0.15) is 11.8 Å². The Kier molecular flexibility index (Phi) is 4.68. The summed E-state index contributed by atoms with van der Waals surface area (Å²) in [4.78, 5) is 26.6. The largest absolute Gasteiger partial charge is 0.495 e. The van der Waals surface area contributed by atoms with Gasteiger partial charge in [0.05, 0.1) is 24.2 Å². The van der Waals surface area contributed by atoms with E-state index in [1.807, 2.05) is 32.0 Å². The first-order valence-electron chi connectivity index (χ1n) is 7.95. The average Bonchev–Trinajstić information content (AvgIpc) is 2.82. The maximum atomic E-state index is 12.8. The summed E-state index contributed by atoms with van der Waals surface area (Å²) in [6.07, 6.45) is 0.107. The predicted molar refractivity (Wildman–Crippen MR) is 98.4 cm³/mol. The van der Waals surface area contributed by atoms with Crippen molar-refractivity contribution in [3.05, 3.63) is 52.5 Å². The quantitative estimate of drug-likeness (QED) is 0.846. The molecule has 0 radical (unpaired) electrons. The van der Waals surface area contributed by atoms with E-state index < -0.39 is 6.04 Å². The number of ether oxygens (including phenoxy) is 1. The number of anilines is 2. The zero-order valence-corrected chi connectivity index (χ0v) is 15.1. The molecule has 0 spiro atoms. The van der Waals surface area contributed by atoms with Gasteiger partial charge in [0.25, 0.3) is 5.91 Å². The monoisotopic (exact) mass is 358 g/mol. The Bertz CT molecular complexity index is 830. The van der Waals surface area contributed by atoms with E-state index in [0.717, 1.165) is 11.1 Å². The van der Waals surface area contributed by atoms with Gasteiger partial charge in [-0.25, -0.2) is 4.90 Å². The van der Waals surface area contributed by atoms with Gasteiger partial charge in [0, 0.05) is 5.69 Å². The Balaban J connectivity index is 1.85. The van der Waals surface area contributed by atoms with Gasteiger partial charge in [-0.1, -0.05) is 29.8 Å². The molecule has 0 aromatic heterocycles. The van der Waals surface area contributed by atoms with Gasteiger partial charge in [-0.3, -0.25) is 9.59 Å². The number of nitrogens with zero attached hydrogens (tertiary/aromatic N) is 1. The summed E-state index contributed by atoms with van der Waals surface area (Å²) >= 11 is 6.12. The van der Waals surface area contributed by atoms with Crippen LogP contribution in [0.3, 0.4) is 0 Å². The van der Waals surface area contributed by atoms with Gasteiger partial charge in [-0.05, 0) is 43.2 Å². The summed E-state index contributed by atoms with van der Waals surface area (Å²) < 4.78 is 5.12. The molecule has 3 rings (SSSR count). The number of methoxy groups -OCH3 is 1. The van der Waals surface area contributed by atoms with Crippen LogP contribution in [0.1, 0.15) is 17.5 Å². The van der Waals surface area contributed by atoms with Crippen molar-refractivity contribution >= 4 is 34.8 Å². The SMILES string of the molecule is COc1ccc(NC2CC(=O)N(c3c(C)cccc3C)C2=O)cc1Cl. The molecular weight excluding hydrogens is 340 g/mol. The second kappa shape index (κ2) is 6.76. The van der Waals surface area contributed by atoms with Crippen LogP contribution in [-0.2, 0) is 9.59 Å². The van der Waals surface area contributed by atoms with E-state index in [-0.39, 0.29) is 18.2 Å². The highest BCUT2D eigenvalue weighted by Crippen LogP contribution is 2.32. The molecule has 2 amide bonds. The van der Waals surface area contributed by atoms with Crippen molar-refractivity contribution in [3.63, 3.8) is 0 Å². The fraction of sp³-hybridized carbons (Fsp3) is 0.263. The third kappa shape index (κ3) is 3.20. The van der Waals surface area contributed by atoms with Crippen LogP contribution in [0.15, 0.2) is 36.4 Å². The zero-order chi connectivity index (χ0) is 18.1. The van der Waals surface area contributed by atoms with Crippen LogP contribution in [-0.4, -0.2) is 25.0 Å². The molecule has 5 nitrogen and oxygen atoms in total. The molecule has 1 N–H and O–H groups in total. The van der Waals surface area contributed by atoms with E-state index in [9.17, 15) is 9.59 Å². The highest BCUT2D eigenvalue weighted by molar-refractivity contribution is 6.32. The molecule has 0 bridgehead atoms. The molecule has 1 saturated heterocycles. The summed E-state index contributed by atoms with van der Waals surface area (Å²) in [6, 6.07) is 10.3. The lowest BCUT2D eigenvalue weighted by Gasteiger charge is -2.20. The first-order chi connectivity index (χ1) is 11.9. The first-order valence-corrected chi connectivity index (χ1v) is 8.33. The molecule has 1 heterocycles. The van der Waals surface area contributed by atoms with E-state index in [0.29, 0.717) is 22.1 Å². The van der Waals surface area contributed by atoms with Crippen LogP contribution in [0.2, 0.25) is 5.02 Å². The lowest BCUT2D eigenvalue weighted by atomic mass is 10.1. The molecule has 1 fully saturated rings. The van der Waals surface area contributed by atoms with Crippen LogP contribution in [0.4, 0.5) is 11.4 Å². The number of aryl methyl sites for hydroxylation is 2.